The quantitative estimate of drug-likeness (QED) is 0.802. The Hall–Kier alpha value is -1.74. The highest BCUT2D eigenvalue weighted by molar-refractivity contribution is 9.10. The molecule has 2 rings (SSSR count). The fourth-order valence-corrected chi connectivity index (χ4v) is 2.83. The molecule has 2 N–H and O–H groups in total. The number of hydrogen-bond acceptors (Lipinski definition) is 6. The molecule has 0 spiro atoms. The molecule has 21 heavy (non-hydrogen) atoms. The molecule has 0 aliphatic rings. The second kappa shape index (κ2) is 6.81. The zero-order valence-electron chi connectivity index (χ0n) is 11.0. The molecule has 0 aromatic carbocycles. The summed E-state index contributed by atoms with van der Waals surface area (Å²) in [5, 5.41) is 16.8. The Morgan fingerprint density at radius 2 is 2.33 bits per heavy atom. The molecule has 2 aromatic rings. The Kier molecular flexibility index (Phi) is 5.07. The summed E-state index contributed by atoms with van der Waals surface area (Å²) < 4.78 is 6.01. The van der Waals surface area contributed by atoms with Crippen molar-refractivity contribution in [1.82, 2.24) is 15.5 Å². The number of carboxylic acids is 1. The highest BCUT2D eigenvalue weighted by atomic mass is 79.9. The second-order valence-electron chi connectivity index (χ2n) is 4.27. The minimum Gasteiger partial charge on any atom is -0.480 e. The van der Waals surface area contributed by atoms with E-state index in [1.807, 2.05) is 11.4 Å². The van der Waals surface area contributed by atoms with E-state index in [2.05, 4.69) is 31.4 Å². The number of hydrogen-bond donors (Lipinski definition) is 2. The predicted molar refractivity (Wildman–Crippen MR) is 78.9 cm³/mol. The van der Waals surface area contributed by atoms with Gasteiger partial charge in [0.2, 0.25) is 17.6 Å². The maximum Gasteiger partial charge on any atom is 0.325 e. The average Bonchev–Trinajstić information content (AvgIpc) is 3.04. The van der Waals surface area contributed by atoms with Gasteiger partial charge in [-0.25, -0.2) is 0 Å². The summed E-state index contributed by atoms with van der Waals surface area (Å²) in [6.07, 6.45) is 0.352. The van der Waals surface area contributed by atoms with Crippen molar-refractivity contribution in [1.29, 1.82) is 0 Å². The highest BCUT2D eigenvalue weighted by Gasteiger charge is 2.15. The van der Waals surface area contributed by atoms with E-state index in [-0.39, 0.29) is 18.7 Å². The van der Waals surface area contributed by atoms with Gasteiger partial charge in [0.15, 0.2) is 0 Å². The van der Waals surface area contributed by atoms with Gasteiger partial charge in [0, 0.05) is 22.7 Å². The zero-order valence-corrected chi connectivity index (χ0v) is 13.4. The minimum absolute atomic E-state index is 0.0907. The lowest BCUT2D eigenvalue weighted by atomic mass is 10.2. The topological polar surface area (TPSA) is 105 Å². The van der Waals surface area contributed by atoms with Gasteiger partial charge in [0.1, 0.15) is 6.04 Å². The average molecular weight is 374 g/mol. The molecule has 0 aliphatic heterocycles. The van der Waals surface area contributed by atoms with Crippen LogP contribution in [0, 0.1) is 0 Å². The molecule has 0 fully saturated rings. The minimum atomic E-state index is -1.08. The van der Waals surface area contributed by atoms with Gasteiger partial charge in [-0.15, -0.1) is 11.3 Å². The molecule has 7 nitrogen and oxygen atoms in total. The summed E-state index contributed by atoms with van der Waals surface area (Å²) in [5.74, 6) is -0.636. The fourth-order valence-electron chi connectivity index (χ4n) is 1.48. The molecule has 2 aromatic heterocycles. The maximum atomic E-state index is 11.5. The Morgan fingerprint density at radius 1 is 1.57 bits per heavy atom. The summed E-state index contributed by atoms with van der Waals surface area (Å²) in [4.78, 5) is 27.2. The number of aryl methyl sites for hydroxylation is 1. The fraction of sp³-hybridized carbons (Fsp3) is 0.333. The number of amides is 1. The van der Waals surface area contributed by atoms with Gasteiger partial charge < -0.3 is 14.9 Å². The molecular weight excluding hydrogens is 362 g/mol. The first-order valence-electron chi connectivity index (χ1n) is 6.05. The summed E-state index contributed by atoms with van der Waals surface area (Å²) >= 11 is 4.82. The lowest BCUT2D eigenvalue weighted by Crippen LogP contribution is -2.38. The van der Waals surface area contributed by atoms with Crippen molar-refractivity contribution in [3.63, 3.8) is 0 Å². The van der Waals surface area contributed by atoms with Crippen molar-refractivity contribution >= 4 is 39.1 Å². The molecule has 112 valence electrons. The van der Waals surface area contributed by atoms with Crippen LogP contribution in [0.3, 0.4) is 0 Å². The first-order chi connectivity index (χ1) is 9.95. The van der Waals surface area contributed by atoms with Gasteiger partial charge in [-0.3, -0.25) is 9.59 Å². The smallest absolute Gasteiger partial charge is 0.325 e. The monoisotopic (exact) mass is 373 g/mol. The van der Waals surface area contributed by atoms with E-state index in [0.717, 1.165) is 9.35 Å². The van der Waals surface area contributed by atoms with E-state index in [0.29, 0.717) is 11.7 Å². The second-order valence-corrected chi connectivity index (χ2v) is 6.10. The van der Waals surface area contributed by atoms with E-state index in [1.165, 1.54) is 18.3 Å². The van der Waals surface area contributed by atoms with Crippen molar-refractivity contribution in [2.75, 3.05) is 0 Å². The number of halogens is 1. The van der Waals surface area contributed by atoms with Crippen LogP contribution in [0.5, 0.6) is 0 Å². The van der Waals surface area contributed by atoms with Crippen LogP contribution in [0.2, 0.25) is 0 Å². The van der Waals surface area contributed by atoms with Crippen molar-refractivity contribution in [3.05, 3.63) is 21.8 Å². The Bertz CT molecular complexity index is 654. The molecule has 0 aliphatic carbocycles. The van der Waals surface area contributed by atoms with Gasteiger partial charge in [0.05, 0.1) is 4.88 Å². The number of aromatic nitrogens is 2. The van der Waals surface area contributed by atoms with E-state index in [9.17, 15) is 9.59 Å². The van der Waals surface area contributed by atoms with Gasteiger partial charge in [-0.05, 0) is 28.9 Å². The van der Waals surface area contributed by atoms with Crippen LogP contribution in [0.1, 0.15) is 19.2 Å². The van der Waals surface area contributed by atoms with E-state index >= 15 is 0 Å². The first kappa shape index (κ1) is 15.6. The summed E-state index contributed by atoms with van der Waals surface area (Å²) in [7, 11) is 0. The lowest BCUT2D eigenvalue weighted by molar-refractivity contribution is -0.141. The summed E-state index contributed by atoms with van der Waals surface area (Å²) in [5.41, 5.74) is 0. The summed E-state index contributed by atoms with van der Waals surface area (Å²) in [6, 6.07) is 0.958. The summed E-state index contributed by atoms with van der Waals surface area (Å²) in [6.45, 7) is 1.40. The molecule has 2 heterocycles. The molecule has 0 saturated carbocycles. The van der Waals surface area contributed by atoms with Gasteiger partial charge in [-0.2, -0.15) is 4.98 Å². The molecule has 9 heteroatoms. The third-order valence-electron chi connectivity index (χ3n) is 2.57. The Balaban J connectivity index is 1.88. The SMILES string of the molecule is CC(NC(=O)CCc1nc(-c2cc(Br)cs2)no1)C(=O)O. The van der Waals surface area contributed by atoms with Crippen LogP contribution >= 0.6 is 27.3 Å². The van der Waals surface area contributed by atoms with Crippen LogP contribution in [-0.2, 0) is 16.0 Å². The highest BCUT2D eigenvalue weighted by Crippen LogP contribution is 2.27. The normalized spacial score (nSPS) is 12.1. The van der Waals surface area contributed by atoms with Gasteiger partial charge in [-0.1, -0.05) is 5.16 Å². The van der Waals surface area contributed by atoms with E-state index in [1.54, 1.807) is 0 Å². The Morgan fingerprint density at radius 3 is 2.95 bits per heavy atom. The number of rotatable bonds is 6. The van der Waals surface area contributed by atoms with Gasteiger partial charge >= 0.3 is 5.97 Å². The largest absolute Gasteiger partial charge is 0.480 e. The molecule has 0 bridgehead atoms. The molecule has 0 saturated heterocycles. The van der Waals surface area contributed by atoms with Crippen LogP contribution in [0.4, 0.5) is 0 Å². The first-order valence-corrected chi connectivity index (χ1v) is 7.72. The van der Waals surface area contributed by atoms with Crippen LogP contribution in [-0.4, -0.2) is 33.2 Å². The molecule has 1 amide bonds. The third kappa shape index (κ3) is 4.36. The molecule has 0 radical (unpaired) electrons. The lowest BCUT2D eigenvalue weighted by Gasteiger charge is -2.07. The standard InChI is InChI=1S/C12H12BrN3O4S/c1-6(12(18)19)14-9(17)2-3-10-15-11(16-20-10)8-4-7(13)5-21-8/h4-6H,2-3H2,1H3,(H,14,17)(H,18,19). The van der Waals surface area contributed by atoms with Crippen molar-refractivity contribution < 1.29 is 19.2 Å². The number of thiophene rings is 1. The van der Waals surface area contributed by atoms with Crippen molar-refractivity contribution in [2.24, 2.45) is 0 Å². The number of nitrogens with zero attached hydrogens (tertiary/aromatic N) is 2. The number of carboxylic acid groups (broad SMARTS) is 1. The van der Waals surface area contributed by atoms with Gasteiger partial charge in [0.25, 0.3) is 0 Å². The molecular formula is C12H12BrN3O4S. The molecule has 1 atom stereocenters. The van der Waals surface area contributed by atoms with Crippen molar-refractivity contribution in [2.45, 2.75) is 25.8 Å². The van der Waals surface area contributed by atoms with Crippen LogP contribution in [0.25, 0.3) is 10.7 Å². The van der Waals surface area contributed by atoms with Crippen LogP contribution in [0.15, 0.2) is 20.4 Å². The number of carbonyl (C=O) groups is 2. The number of aliphatic carboxylic acids is 1. The number of carbonyl (C=O) groups excluding carboxylic acids is 1. The third-order valence-corrected chi connectivity index (χ3v) is 4.26. The van der Waals surface area contributed by atoms with Crippen molar-refractivity contribution in [3.8, 4) is 10.7 Å². The predicted octanol–water partition coefficient (Wildman–Crippen LogP) is 2.08. The molecule has 1 unspecified atom stereocenters. The van der Waals surface area contributed by atoms with Crippen LogP contribution < -0.4 is 5.32 Å². The zero-order chi connectivity index (χ0) is 15.4. The van der Waals surface area contributed by atoms with E-state index in [4.69, 9.17) is 9.63 Å². The maximum absolute atomic E-state index is 11.5. The Labute approximate surface area is 132 Å². The number of nitrogens with one attached hydrogen (secondary N) is 1. The van der Waals surface area contributed by atoms with E-state index < -0.39 is 12.0 Å².